The maximum Gasteiger partial charge on any atom is 0.133 e. The highest BCUT2D eigenvalue weighted by Gasteiger charge is 2.39. The number of nitrogens with one attached hydrogen (secondary N) is 1. The summed E-state index contributed by atoms with van der Waals surface area (Å²) in [6.45, 7) is 5.72. The third kappa shape index (κ3) is 2.59. The molecular formula is C19H21N5O2. The van der Waals surface area contributed by atoms with Crippen LogP contribution >= 0.6 is 0 Å². The van der Waals surface area contributed by atoms with Crippen molar-refractivity contribution in [3.8, 4) is 17.1 Å². The first-order valence-corrected chi connectivity index (χ1v) is 9.03. The summed E-state index contributed by atoms with van der Waals surface area (Å²) in [7, 11) is 0. The Hall–Kier alpha value is -2.67. The second-order valence-electron chi connectivity index (χ2n) is 7.20. The molecule has 2 aromatic heterocycles. The highest BCUT2D eigenvalue weighted by atomic mass is 16.5. The number of H-pyrrole nitrogens is 1. The molecule has 2 atom stereocenters. The molecule has 7 nitrogen and oxygen atoms in total. The highest BCUT2D eigenvalue weighted by molar-refractivity contribution is 5.93. The summed E-state index contributed by atoms with van der Waals surface area (Å²) < 4.78 is 11.5. The average molecular weight is 351 g/mol. The number of anilines is 1. The van der Waals surface area contributed by atoms with Crippen LogP contribution in [0, 0.1) is 0 Å². The molecule has 7 heteroatoms. The summed E-state index contributed by atoms with van der Waals surface area (Å²) in [6, 6.07) is 8.40. The van der Waals surface area contributed by atoms with Crippen molar-refractivity contribution in [1.29, 1.82) is 0 Å². The van der Waals surface area contributed by atoms with Crippen molar-refractivity contribution in [2.75, 3.05) is 18.1 Å². The third-order valence-corrected chi connectivity index (χ3v) is 5.00. The van der Waals surface area contributed by atoms with E-state index in [4.69, 9.17) is 9.47 Å². The lowest BCUT2D eigenvalue weighted by Gasteiger charge is -2.27. The Labute approximate surface area is 151 Å². The van der Waals surface area contributed by atoms with Gasteiger partial charge in [0.25, 0.3) is 0 Å². The van der Waals surface area contributed by atoms with Crippen molar-refractivity contribution >= 4 is 16.7 Å². The van der Waals surface area contributed by atoms with E-state index >= 15 is 0 Å². The second-order valence-corrected chi connectivity index (χ2v) is 7.20. The van der Waals surface area contributed by atoms with Crippen LogP contribution in [-0.4, -0.2) is 51.6 Å². The van der Waals surface area contributed by atoms with Crippen molar-refractivity contribution in [3.05, 3.63) is 30.6 Å². The molecule has 0 spiro atoms. The Morgan fingerprint density at radius 3 is 2.96 bits per heavy atom. The van der Waals surface area contributed by atoms with Crippen molar-refractivity contribution < 1.29 is 9.47 Å². The molecule has 1 N–H and O–H groups in total. The molecule has 0 aliphatic carbocycles. The van der Waals surface area contributed by atoms with Gasteiger partial charge in [-0.1, -0.05) is 0 Å². The number of morpholine rings is 1. The zero-order valence-electron chi connectivity index (χ0n) is 14.8. The molecule has 134 valence electrons. The summed E-state index contributed by atoms with van der Waals surface area (Å²) >= 11 is 0. The smallest absolute Gasteiger partial charge is 0.133 e. The van der Waals surface area contributed by atoms with Gasteiger partial charge in [-0.2, -0.15) is 5.10 Å². The predicted molar refractivity (Wildman–Crippen MR) is 98.4 cm³/mol. The molecule has 4 heterocycles. The average Bonchev–Trinajstić information content (AvgIpc) is 3.36. The number of fused-ring (bicyclic) bond motifs is 3. The van der Waals surface area contributed by atoms with Crippen LogP contribution in [0.2, 0.25) is 0 Å². The van der Waals surface area contributed by atoms with Gasteiger partial charge in [-0.15, -0.1) is 0 Å². The fraction of sp³-hybridized carbons (Fsp3) is 0.421. The van der Waals surface area contributed by atoms with Crippen LogP contribution in [0.25, 0.3) is 22.3 Å². The quantitative estimate of drug-likeness (QED) is 0.779. The maximum absolute atomic E-state index is 5.82. The zero-order chi connectivity index (χ0) is 17.7. The first-order valence-electron chi connectivity index (χ1n) is 9.03. The van der Waals surface area contributed by atoms with Crippen molar-refractivity contribution in [3.63, 3.8) is 0 Å². The first kappa shape index (κ1) is 15.6. The van der Waals surface area contributed by atoms with Gasteiger partial charge < -0.3 is 14.4 Å². The summed E-state index contributed by atoms with van der Waals surface area (Å²) in [5.41, 5.74) is 2.59. The van der Waals surface area contributed by atoms with Crippen LogP contribution < -0.4 is 9.64 Å². The molecule has 1 aromatic carbocycles. The molecule has 26 heavy (non-hydrogen) atoms. The van der Waals surface area contributed by atoms with E-state index in [-0.39, 0.29) is 6.10 Å². The number of aromatic amines is 1. The normalized spacial score (nSPS) is 21.9. The lowest BCUT2D eigenvalue weighted by atomic mass is 10.1. The molecule has 0 unspecified atom stereocenters. The van der Waals surface area contributed by atoms with Crippen LogP contribution in [0.3, 0.4) is 0 Å². The van der Waals surface area contributed by atoms with Gasteiger partial charge in [-0.05, 0) is 38.5 Å². The minimum absolute atomic E-state index is 0.126. The number of hydrogen-bond donors (Lipinski definition) is 1. The molecule has 3 aromatic rings. The highest BCUT2D eigenvalue weighted by Crippen LogP contribution is 2.34. The molecule has 0 saturated carbocycles. The molecule has 2 fully saturated rings. The number of benzene rings is 1. The van der Waals surface area contributed by atoms with Gasteiger partial charge >= 0.3 is 0 Å². The lowest BCUT2D eigenvalue weighted by molar-refractivity contribution is 0.0989. The van der Waals surface area contributed by atoms with E-state index in [1.54, 1.807) is 6.33 Å². The Balaban J connectivity index is 1.52. The lowest BCUT2D eigenvalue weighted by Crippen LogP contribution is -2.37. The van der Waals surface area contributed by atoms with Gasteiger partial charge in [-0.3, -0.25) is 5.10 Å². The minimum atomic E-state index is 0.126. The van der Waals surface area contributed by atoms with E-state index in [0.717, 1.165) is 53.4 Å². The van der Waals surface area contributed by atoms with Gasteiger partial charge in [0.05, 0.1) is 36.1 Å². The number of hydrogen-bond acceptors (Lipinski definition) is 6. The van der Waals surface area contributed by atoms with Crippen molar-refractivity contribution in [2.24, 2.45) is 0 Å². The number of rotatable bonds is 4. The van der Waals surface area contributed by atoms with E-state index in [1.807, 2.05) is 38.1 Å². The summed E-state index contributed by atoms with van der Waals surface area (Å²) in [5, 5.41) is 8.57. The van der Waals surface area contributed by atoms with Gasteiger partial charge in [-0.25, -0.2) is 9.97 Å². The number of ether oxygens (including phenoxy) is 2. The summed E-state index contributed by atoms with van der Waals surface area (Å²) in [6.07, 6.45) is 3.16. The van der Waals surface area contributed by atoms with Crippen molar-refractivity contribution in [1.82, 2.24) is 20.2 Å². The van der Waals surface area contributed by atoms with E-state index < -0.39 is 0 Å². The van der Waals surface area contributed by atoms with Gasteiger partial charge in [0, 0.05) is 18.0 Å². The minimum Gasteiger partial charge on any atom is -0.491 e. The summed E-state index contributed by atoms with van der Waals surface area (Å²) in [5.74, 6) is 1.77. The van der Waals surface area contributed by atoms with Gasteiger partial charge in [0.2, 0.25) is 0 Å². The van der Waals surface area contributed by atoms with Gasteiger partial charge in [0.1, 0.15) is 23.6 Å². The monoisotopic (exact) mass is 351 g/mol. The Morgan fingerprint density at radius 2 is 2.19 bits per heavy atom. The van der Waals surface area contributed by atoms with E-state index in [9.17, 15) is 0 Å². The molecule has 2 aliphatic rings. The van der Waals surface area contributed by atoms with E-state index in [2.05, 4.69) is 25.1 Å². The molecule has 0 radical (unpaired) electrons. The molecule has 2 aliphatic heterocycles. The molecular weight excluding hydrogens is 330 g/mol. The van der Waals surface area contributed by atoms with Crippen LogP contribution in [0.4, 0.5) is 5.82 Å². The van der Waals surface area contributed by atoms with Gasteiger partial charge in [0.15, 0.2) is 0 Å². The van der Waals surface area contributed by atoms with E-state index in [1.165, 1.54) is 0 Å². The Kier molecular flexibility index (Phi) is 3.56. The topological polar surface area (TPSA) is 76.2 Å². The Morgan fingerprint density at radius 1 is 1.27 bits per heavy atom. The fourth-order valence-corrected chi connectivity index (χ4v) is 3.85. The summed E-state index contributed by atoms with van der Waals surface area (Å²) in [4.78, 5) is 11.3. The van der Waals surface area contributed by atoms with E-state index in [0.29, 0.717) is 12.1 Å². The maximum atomic E-state index is 5.82. The van der Waals surface area contributed by atoms with Crippen LogP contribution in [0.1, 0.15) is 20.3 Å². The molecule has 5 rings (SSSR count). The number of nitrogens with zero attached hydrogens (tertiary/aromatic N) is 4. The fourth-order valence-electron chi connectivity index (χ4n) is 3.85. The molecule has 2 saturated heterocycles. The van der Waals surface area contributed by atoms with Crippen LogP contribution in [0.5, 0.6) is 5.75 Å². The van der Waals surface area contributed by atoms with Crippen LogP contribution in [-0.2, 0) is 4.74 Å². The van der Waals surface area contributed by atoms with Crippen LogP contribution in [0.15, 0.2) is 30.6 Å². The first-order chi connectivity index (χ1) is 12.7. The predicted octanol–water partition coefficient (Wildman–Crippen LogP) is 2.78. The third-order valence-electron chi connectivity index (χ3n) is 5.00. The SMILES string of the molecule is CC(C)Oc1ccc2[nH]nc(-c3cc(N4C[C@@H]5C[C@H]4CO5)ncn3)c2c1. The second kappa shape index (κ2) is 5.95. The molecule has 2 bridgehead atoms. The zero-order valence-corrected chi connectivity index (χ0v) is 14.8. The standard InChI is InChI=1S/C19H21N5O2/c1-11(2)26-13-3-4-16-15(6-13)19(23-22-16)17-7-18(21-10-20-17)24-8-14-5-12(24)9-25-14/h3-4,6-7,10-12,14H,5,8-9H2,1-2H3,(H,22,23)/t12-,14-/m0/s1. The van der Waals surface area contributed by atoms with Crippen molar-refractivity contribution in [2.45, 2.75) is 38.5 Å². The number of aromatic nitrogens is 4. The largest absolute Gasteiger partial charge is 0.491 e. The Bertz CT molecular complexity index is 954. The molecule has 0 amide bonds.